The van der Waals surface area contributed by atoms with Gasteiger partial charge in [0.25, 0.3) is 5.56 Å². The predicted molar refractivity (Wildman–Crippen MR) is 83.7 cm³/mol. The van der Waals surface area contributed by atoms with Crippen LogP contribution in [0, 0.1) is 0 Å². The summed E-state index contributed by atoms with van der Waals surface area (Å²) < 4.78 is 40.5. The Morgan fingerprint density at radius 2 is 1.92 bits per heavy atom. The molecule has 3 rings (SSSR count). The fourth-order valence-corrected chi connectivity index (χ4v) is 2.14. The van der Waals surface area contributed by atoms with E-state index in [0.717, 1.165) is 16.7 Å². The number of rotatable bonds is 2. The van der Waals surface area contributed by atoms with Gasteiger partial charge in [0.2, 0.25) is 0 Å². The summed E-state index contributed by atoms with van der Waals surface area (Å²) in [5, 5.41) is 2.40. The van der Waals surface area contributed by atoms with Crippen LogP contribution in [0.3, 0.4) is 0 Å². The first-order chi connectivity index (χ1) is 11.8. The van der Waals surface area contributed by atoms with E-state index >= 15 is 0 Å². The topological polar surface area (TPSA) is 68.9 Å². The smallest absolute Gasteiger partial charge is 0.304 e. The number of nitrogens with zero attached hydrogens (tertiary/aromatic N) is 3. The van der Waals surface area contributed by atoms with E-state index in [4.69, 9.17) is 0 Å². The van der Waals surface area contributed by atoms with E-state index in [1.165, 1.54) is 53.6 Å². The molecule has 0 bridgehead atoms. The maximum Gasteiger partial charge on any atom is 0.416 e. The fraction of sp³-hybridized carbons (Fsp3) is 0.0625. The zero-order valence-electron chi connectivity index (χ0n) is 12.6. The van der Waals surface area contributed by atoms with Crippen molar-refractivity contribution in [3.05, 3.63) is 77.1 Å². The zero-order valence-corrected chi connectivity index (χ0v) is 12.6. The number of hydrogen-bond donors (Lipinski definition) is 1. The Labute approximate surface area is 139 Å². The van der Waals surface area contributed by atoms with Crippen molar-refractivity contribution < 1.29 is 18.0 Å². The van der Waals surface area contributed by atoms with Crippen LogP contribution < -0.4 is 10.9 Å². The molecule has 0 saturated carbocycles. The van der Waals surface area contributed by atoms with Crippen molar-refractivity contribution in [2.75, 3.05) is 5.32 Å². The van der Waals surface area contributed by atoms with Gasteiger partial charge in [-0.05, 0) is 24.3 Å². The summed E-state index contributed by atoms with van der Waals surface area (Å²) in [6.07, 6.45) is -0.552. The van der Waals surface area contributed by atoms with Crippen molar-refractivity contribution >= 4 is 11.8 Å². The second-order valence-corrected chi connectivity index (χ2v) is 5.05. The summed E-state index contributed by atoms with van der Waals surface area (Å²) in [6, 6.07) is 8.20. The number of benzene rings is 1. The lowest BCUT2D eigenvalue weighted by atomic mass is 10.2. The Balaban J connectivity index is 1.83. The van der Waals surface area contributed by atoms with Crippen LogP contribution in [0.5, 0.6) is 0 Å². The van der Waals surface area contributed by atoms with Gasteiger partial charge in [0.05, 0.1) is 11.8 Å². The number of nitrogens with one attached hydrogen (secondary N) is 1. The van der Waals surface area contributed by atoms with Crippen molar-refractivity contribution in [2.24, 2.45) is 0 Å². The number of anilines is 1. The molecule has 0 atom stereocenters. The molecule has 6 nitrogen and oxygen atoms in total. The van der Waals surface area contributed by atoms with Crippen molar-refractivity contribution in [2.45, 2.75) is 6.18 Å². The molecule has 0 aliphatic carbocycles. The summed E-state index contributed by atoms with van der Waals surface area (Å²) in [7, 11) is 0. The molecule has 0 aliphatic rings. The van der Waals surface area contributed by atoms with Crippen molar-refractivity contribution in [3.63, 3.8) is 0 Å². The Bertz CT molecular complexity index is 976. The largest absolute Gasteiger partial charge is 0.416 e. The second kappa shape index (κ2) is 6.27. The normalized spacial score (nSPS) is 11.3. The van der Waals surface area contributed by atoms with Gasteiger partial charge in [-0.2, -0.15) is 13.2 Å². The number of imidazole rings is 1. The number of halogens is 3. The second-order valence-electron chi connectivity index (χ2n) is 5.05. The quantitative estimate of drug-likeness (QED) is 0.774. The number of amides is 1. The monoisotopic (exact) mass is 348 g/mol. The summed E-state index contributed by atoms with van der Waals surface area (Å²) in [6.45, 7) is 0. The van der Waals surface area contributed by atoms with Crippen molar-refractivity contribution in [3.8, 4) is 5.69 Å². The molecule has 1 aromatic carbocycles. The third-order valence-electron chi connectivity index (χ3n) is 3.33. The van der Waals surface area contributed by atoms with Gasteiger partial charge in [-0.15, -0.1) is 0 Å². The first-order valence-electron chi connectivity index (χ1n) is 7.05. The first-order valence-corrected chi connectivity index (χ1v) is 7.05. The molecule has 25 heavy (non-hydrogen) atoms. The van der Waals surface area contributed by atoms with E-state index in [1.807, 2.05) is 0 Å². The highest BCUT2D eigenvalue weighted by Crippen LogP contribution is 2.30. The molecular formula is C16H11F3N4O2. The number of carbonyl (C=O) groups is 1. The molecule has 2 aromatic heterocycles. The third-order valence-corrected chi connectivity index (χ3v) is 3.33. The molecule has 1 N–H and O–H groups in total. The summed E-state index contributed by atoms with van der Waals surface area (Å²) in [4.78, 5) is 27.5. The van der Waals surface area contributed by atoms with Crippen LogP contribution in [0.2, 0.25) is 0 Å². The van der Waals surface area contributed by atoms with Crippen LogP contribution in [-0.4, -0.2) is 20.1 Å². The molecule has 0 fully saturated rings. The van der Waals surface area contributed by atoms with Gasteiger partial charge in [-0.25, -0.2) is 14.3 Å². The molecular weight excluding hydrogens is 337 g/mol. The van der Waals surface area contributed by atoms with E-state index < -0.39 is 23.3 Å². The maximum atomic E-state index is 12.8. The summed E-state index contributed by atoms with van der Waals surface area (Å²) in [5.74, 6) is 0.0955. The molecule has 128 valence electrons. The summed E-state index contributed by atoms with van der Waals surface area (Å²) in [5.41, 5.74) is -1.07. The highest BCUT2D eigenvalue weighted by molar-refractivity contribution is 5.89. The van der Waals surface area contributed by atoms with Gasteiger partial charge >= 0.3 is 12.2 Å². The highest BCUT2D eigenvalue weighted by Gasteiger charge is 2.30. The molecule has 0 saturated heterocycles. The third kappa shape index (κ3) is 3.60. The average molecular weight is 348 g/mol. The minimum Gasteiger partial charge on any atom is -0.304 e. The lowest BCUT2D eigenvalue weighted by molar-refractivity contribution is -0.137. The van der Waals surface area contributed by atoms with Gasteiger partial charge in [-0.1, -0.05) is 12.1 Å². The lowest BCUT2D eigenvalue weighted by Crippen LogP contribution is -2.29. The molecule has 1 amide bonds. The average Bonchev–Trinajstić information content (AvgIpc) is 3.03. The number of alkyl halides is 3. The van der Waals surface area contributed by atoms with E-state index in [0.29, 0.717) is 0 Å². The Morgan fingerprint density at radius 1 is 1.12 bits per heavy atom. The van der Waals surface area contributed by atoms with Gasteiger partial charge in [0.15, 0.2) is 5.82 Å². The summed E-state index contributed by atoms with van der Waals surface area (Å²) >= 11 is 0. The minimum absolute atomic E-state index is 0.0955. The molecule has 2 heterocycles. The van der Waals surface area contributed by atoms with Gasteiger partial charge in [-0.3, -0.25) is 10.1 Å². The van der Waals surface area contributed by atoms with E-state index in [9.17, 15) is 22.8 Å². The predicted octanol–water partition coefficient (Wildman–Crippen LogP) is 3.13. The van der Waals surface area contributed by atoms with Crippen molar-refractivity contribution in [1.29, 1.82) is 0 Å². The maximum absolute atomic E-state index is 12.8. The number of aromatic nitrogens is 3. The van der Waals surface area contributed by atoms with Crippen LogP contribution >= 0.6 is 0 Å². The van der Waals surface area contributed by atoms with Crippen LogP contribution in [0.4, 0.5) is 23.8 Å². The molecule has 0 aliphatic heterocycles. The SMILES string of the molecule is O=C(Nc1cn(-c2cccc(C(F)(F)F)c2)cn1)n1ccccc1=O. The molecule has 0 unspecified atom stereocenters. The van der Waals surface area contributed by atoms with Crippen molar-refractivity contribution in [1.82, 2.24) is 14.1 Å². The lowest BCUT2D eigenvalue weighted by Gasteiger charge is -2.08. The molecule has 9 heteroatoms. The zero-order chi connectivity index (χ0) is 18.0. The van der Waals surface area contributed by atoms with E-state index in [1.54, 1.807) is 0 Å². The van der Waals surface area contributed by atoms with Gasteiger partial charge in [0, 0.05) is 18.0 Å². The Hall–Kier alpha value is -3.36. The van der Waals surface area contributed by atoms with Crippen LogP contribution in [0.1, 0.15) is 5.56 Å². The van der Waals surface area contributed by atoms with Crippen LogP contribution in [0.25, 0.3) is 5.69 Å². The standard InChI is InChI=1S/C16H11F3N4O2/c17-16(18,19)11-4-3-5-12(8-11)22-9-13(20-10-22)21-15(25)23-7-2-1-6-14(23)24/h1-10H,(H,21,25). The number of carbonyl (C=O) groups excluding carboxylic acids is 1. The fourth-order valence-electron chi connectivity index (χ4n) is 2.14. The molecule has 3 aromatic rings. The minimum atomic E-state index is -4.46. The van der Waals surface area contributed by atoms with Gasteiger partial charge in [0.1, 0.15) is 6.33 Å². The van der Waals surface area contributed by atoms with Crippen LogP contribution in [0.15, 0.2) is 66.0 Å². The number of hydrogen-bond acceptors (Lipinski definition) is 3. The number of pyridine rings is 1. The Kier molecular flexibility index (Phi) is 4.14. The van der Waals surface area contributed by atoms with E-state index in [-0.39, 0.29) is 11.5 Å². The molecule has 0 radical (unpaired) electrons. The van der Waals surface area contributed by atoms with Gasteiger partial charge < -0.3 is 4.57 Å². The molecule has 0 spiro atoms. The van der Waals surface area contributed by atoms with E-state index in [2.05, 4.69) is 10.3 Å². The van der Waals surface area contributed by atoms with Crippen LogP contribution in [-0.2, 0) is 6.18 Å². The first kappa shape index (κ1) is 16.5. The Morgan fingerprint density at radius 3 is 2.64 bits per heavy atom. The highest BCUT2D eigenvalue weighted by atomic mass is 19.4.